The molecule has 0 heterocycles. The summed E-state index contributed by atoms with van der Waals surface area (Å²) in [6, 6.07) is 0. The predicted octanol–water partition coefficient (Wildman–Crippen LogP) is -9.29. The summed E-state index contributed by atoms with van der Waals surface area (Å²) in [6.07, 6.45) is 0. The number of hydrogen-bond acceptors (Lipinski definition) is 0. The van der Waals surface area contributed by atoms with Crippen LogP contribution in [0.2, 0.25) is 0 Å². The van der Waals surface area contributed by atoms with Crippen LogP contribution in [-0.2, 0) is 19.5 Å². The minimum Gasteiger partial charge on any atom is -0.412 e. The third-order valence-electron chi connectivity index (χ3n) is 0. The van der Waals surface area contributed by atoms with Crippen molar-refractivity contribution in [3.8, 4) is 0 Å². The molecule has 0 radical (unpaired) electrons. The standard InChI is InChI=1S/2Na.4H2O.Zn/h;;4*1H2;/q2*+1;;;;;. The van der Waals surface area contributed by atoms with E-state index in [2.05, 4.69) is 0 Å². The van der Waals surface area contributed by atoms with Gasteiger partial charge >= 0.3 is 59.1 Å². The summed E-state index contributed by atoms with van der Waals surface area (Å²) in [5.74, 6) is 0. The maximum absolute atomic E-state index is 0. The monoisotopic (exact) mass is 182 g/mol. The first-order chi connectivity index (χ1) is 0. The van der Waals surface area contributed by atoms with E-state index in [1.165, 1.54) is 0 Å². The average Bonchev–Trinajstić information content (AvgIpc) is 0. The summed E-state index contributed by atoms with van der Waals surface area (Å²) >= 11 is 0. The molecule has 0 rings (SSSR count). The molecule has 0 aliphatic rings. The van der Waals surface area contributed by atoms with Gasteiger partial charge in [0, 0.05) is 19.5 Å². The van der Waals surface area contributed by atoms with Gasteiger partial charge in [0.15, 0.2) is 0 Å². The molecule has 0 aliphatic heterocycles. The number of rotatable bonds is 0. The van der Waals surface area contributed by atoms with Crippen LogP contribution in [0.15, 0.2) is 0 Å². The molecule has 7 heavy (non-hydrogen) atoms. The smallest absolute Gasteiger partial charge is 0.412 e. The van der Waals surface area contributed by atoms with E-state index in [0.29, 0.717) is 0 Å². The van der Waals surface area contributed by atoms with E-state index in [1.807, 2.05) is 0 Å². The van der Waals surface area contributed by atoms with Crippen LogP contribution in [0.3, 0.4) is 0 Å². The Balaban J connectivity index is 0. The van der Waals surface area contributed by atoms with E-state index in [9.17, 15) is 0 Å². The van der Waals surface area contributed by atoms with Crippen molar-refractivity contribution >= 4 is 0 Å². The van der Waals surface area contributed by atoms with E-state index >= 15 is 0 Å². The summed E-state index contributed by atoms with van der Waals surface area (Å²) in [7, 11) is 0. The second-order valence-corrected chi connectivity index (χ2v) is 0. The first-order valence-electron chi connectivity index (χ1n) is 0. The third-order valence-corrected chi connectivity index (χ3v) is 0. The fraction of sp³-hybridized carbons (Fsp3) is 0. The van der Waals surface area contributed by atoms with Gasteiger partial charge in [-0.2, -0.15) is 0 Å². The van der Waals surface area contributed by atoms with Crippen LogP contribution in [0.25, 0.3) is 0 Å². The van der Waals surface area contributed by atoms with Gasteiger partial charge in [0.1, 0.15) is 0 Å². The quantitative estimate of drug-likeness (QED) is 0.331. The Morgan fingerprint density at radius 3 is 0.429 bits per heavy atom. The molecular weight excluding hydrogens is 175 g/mol. The van der Waals surface area contributed by atoms with Crippen molar-refractivity contribution in [3.63, 3.8) is 0 Å². The molecule has 4 nitrogen and oxygen atoms in total. The van der Waals surface area contributed by atoms with E-state index in [1.54, 1.807) is 0 Å². The third kappa shape index (κ3) is 58.3. The first-order valence-corrected chi connectivity index (χ1v) is 0. The second kappa shape index (κ2) is 77.7. The van der Waals surface area contributed by atoms with Gasteiger partial charge in [0.2, 0.25) is 0 Å². The molecule has 0 bridgehead atoms. The van der Waals surface area contributed by atoms with Gasteiger partial charge in [-0.05, 0) is 0 Å². The molecule has 0 amide bonds. The molecule has 7 heteroatoms. The van der Waals surface area contributed by atoms with Crippen molar-refractivity contribution in [2.24, 2.45) is 0 Å². The van der Waals surface area contributed by atoms with Crippen molar-refractivity contribution in [3.05, 3.63) is 0 Å². The summed E-state index contributed by atoms with van der Waals surface area (Å²) in [5, 5.41) is 0. The summed E-state index contributed by atoms with van der Waals surface area (Å²) < 4.78 is 0. The molecule has 34 valence electrons. The molecular formula is H8Na2O4Zn+2. The van der Waals surface area contributed by atoms with Crippen LogP contribution < -0.4 is 59.1 Å². The summed E-state index contributed by atoms with van der Waals surface area (Å²) in [5.41, 5.74) is 0. The van der Waals surface area contributed by atoms with E-state index in [0.717, 1.165) is 0 Å². The van der Waals surface area contributed by atoms with Gasteiger partial charge in [-0.15, -0.1) is 0 Å². The SMILES string of the molecule is O.O.O.O.[Na+].[Na+].[Zn]. The molecule has 0 spiro atoms. The second-order valence-electron chi connectivity index (χ2n) is 0. The van der Waals surface area contributed by atoms with Crippen LogP contribution in [0.5, 0.6) is 0 Å². The molecule has 0 saturated heterocycles. The van der Waals surface area contributed by atoms with Crippen molar-refractivity contribution in [1.29, 1.82) is 0 Å². The Morgan fingerprint density at radius 1 is 0.429 bits per heavy atom. The van der Waals surface area contributed by atoms with Gasteiger partial charge in [0.05, 0.1) is 0 Å². The first kappa shape index (κ1) is 112. The predicted molar refractivity (Wildman–Crippen MR) is 14.5 cm³/mol. The molecule has 8 N–H and O–H groups in total. The molecule has 0 aliphatic carbocycles. The molecule has 0 aromatic carbocycles. The van der Waals surface area contributed by atoms with E-state index < -0.39 is 0 Å². The molecule has 0 atom stereocenters. The van der Waals surface area contributed by atoms with Gasteiger partial charge in [-0.25, -0.2) is 0 Å². The Labute approximate surface area is 99.0 Å². The zero-order valence-corrected chi connectivity index (χ0v) is 11.7. The normalized spacial score (nSPS) is 0. The van der Waals surface area contributed by atoms with Crippen molar-refractivity contribution < 1.29 is 100 Å². The van der Waals surface area contributed by atoms with E-state index in [4.69, 9.17) is 0 Å². The van der Waals surface area contributed by atoms with Gasteiger partial charge in [-0.1, -0.05) is 0 Å². The van der Waals surface area contributed by atoms with Crippen LogP contribution in [0.1, 0.15) is 0 Å². The molecule has 0 aromatic heterocycles. The molecule has 0 aromatic rings. The van der Waals surface area contributed by atoms with Gasteiger partial charge in [-0.3, -0.25) is 0 Å². The molecule has 0 saturated carbocycles. The topological polar surface area (TPSA) is 126 Å². The maximum Gasteiger partial charge on any atom is 1.00 e. The fourth-order valence-corrected chi connectivity index (χ4v) is 0. The molecule has 0 unspecified atom stereocenters. The maximum atomic E-state index is 0. The van der Waals surface area contributed by atoms with Crippen LogP contribution >= 0.6 is 0 Å². The summed E-state index contributed by atoms with van der Waals surface area (Å²) in [6.45, 7) is 0. The van der Waals surface area contributed by atoms with Crippen molar-refractivity contribution in [1.82, 2.24) is 0 Å². The van der Waals surface area contributed by atoms with Crippen LogP contribution in [-0.4, -0.2) is 21.9 Å². The minimum absolute atomic E-state index is 0. The minimum atomic E-state index is 0. The van der Waals surface area contributed by atoms with Gasteiger partial charge < -0.3 is 21.9 Å². The Morgan fingerprint density at radius 2 is 0.429 bits per heavy atom. The van der Waals surface area contributed by atoms with Crippen molar-refractivity contribution in [2.75, 3.05) is 0 Å². The zero-order chi connectivity index (χ0) is 0. The van der Waals surface area contributed by atoms with Crippen molar-refractivity contribution in [2.45, 2.75) is 0 Å². The van der Waals surface area contributed by atoms with E-state index in [-0.39, 0.29) is 100 Å². The fourth-order valence-electron chi connectivity index (χ4n) is 0. The average molecular weight is 183 g/mol. The van der Waals surface area contributed by atoms with Gasteiger partial charge in [0.25, 0.3) is 0 Å². The Hall–Kier alpha value is 2.46. The summed E-state index contributed by atoms with van der Waals surface area (Å²) in [4.78, 5) is 0. The molecule has 0 fully saturated rings. The zero-order valence-electron chi connectivity index (χ0n) is 4.71. The Bertz CT molecular complexity index is 9.65. The number of hydrogen-bond donors (Lipinski definition) is 0. The Kier molecular flexibility index (Phi) is 1240. The van der Waals surface area contributed by atoms with Crippen LogP contribution in [0.4, 0.5) is 0 Å². The van der Waals surface area contributed by atoms with Crippen LogP contribution in [0, 0.1) is 0 Å². The largest absolute Gasteiger partial charge is 1.00 e.